The van der Waals surface area contributed by atoms with Gasteiger partial charge in [0.1, 0.15) is 5.75 Å². The van der Waals surface area contributed by atoms with Crippen LogP contribution in [-0.4, -0.2) is 56.0 Å². The number of rotatable bonds is 3. The first-order valence-electron chi connectivity index (χ1n) is 12.0. The molecule has 1 aliphatic carbocycles. The summed E-state index contributed by atoms with van der Waals surface area (Å²) in [7, 11) is 0. The van der Waals surface area contributed by atoms with Crippen molar-refractivity contribution in [1.82, 2.24) is 4.90 Å². The van der Waals surface area contributed by atoms with Gasteiger partial charge < -0.3 is 19.3 Å². The number of fused-ring (bicyclic) bond motifs is 1. The highest BCUT2D eigenvalue weighted by atomic mass is 16.7. The van der Waals surface area contributed by atoms with Crippen LogP contribution in [0.2, 0.25) is 0 Å². The Morgan fingerprint density at radius 2 is 1.48 bits per heavy atom. The average molecular weight is 420 g/mol. The van der Waals surface area contributed by atoms with E-state index in [1.807, 2.05) is 0 Å². The third kappa shape index (κ3) is 3.79. The first-order valence-corrected chi connectivity index (χ1v) is 12.0. The number of piperazine rings is 1. The summed E-state index contributed by atoms with van der Waals surface area (Å²) in [6.07, 6.45) is 6.11. The molecule has 3 heterocycles. The zero-order valence-electron chi connectivity index (χ0n) is 18.3. The Kier molecular flexibility index (Phi) is 5.04. The maximum absolute atomic E-state index is 6.48. The maximum atomic E-state index is 6.48. The predicted octanol–water partition coefficient (Wildman–Crippen LogP) is 4.27. The number of ether oxygens (including phenoxy) is 2. The Morgan fingerprint density at radius 1 is 0.774 bits per heavy atom. The summed E-state index contributed by atoms with van der Waals surface area (Å²) < 4.78 is 12.8. The van der Waals surface area contributed by atoms with Crippen LogP contribution in [0.25, 0.3) is 0 Å². The summed E-state index contributed by atoms with van der Waals surface area (Å²) in [4.78, 5) is 7.61. The fraction of sp³-hybridized carbons (Fsp3) is 0.538. The smallest absolute Gasteiger partial charge is 0.213 e. The number of benzene rings is 2. The number of hydrogen-bond acceptors (Lipinski definition) is 5. The van der Waals surface area contributed by atoms with Crippen LogP contribution in [0.3, 0.4) is 0 Å². The van der Waals surface area contributed by atoms with Gasteiger partial charge in [-0.15, -0.1) is 0 Å². The first kappa shape index (κ1) is 19.4. The average Bonchev–Trinajstić information content (AvgIpc) is 2.80. The van der Waals surface area contributed by atoms with Gasteiger partial charge in [0.05, 0.1) is 6.61 Å². The summed E-state index contributed by atoms with van der Waals surface area (Å²) in [6, 6.07) is 18.2. The van der Waals surface area contributed by atoms with Gasteiger partial charge in [-0.2, -0.15) is 0 Å². The predicted molar refractivity (Wildman–Crippen MR) is 124 cm³/mol. The van der Waals surface area contributed by atoms with Crippen molar-refractivity contribution >= 4 is 11.4 Å². The van der Waals surface area contributed by atoms with Crippen molar-refractivity contribution in [2.75, 3.05) is 49.1 Å². The van der Waals surface area contributed by atoms with Crippen LogP contribution in [0.4, 0.5) is 11.4 Å². The molecule has 0 radical (unpaired) electrons. The molecule has 0 bridgehead atoms. The summed E-state index contributed by atoms with van der Waals surface area (Å²) in [5, 5.41) is 0. The van der Waals surface area contributed by atoms with E-state index in [9.17, 15) is 0 Å². The molecule has 3 aliphatic heterocycles. The maximum Gasteiger partial charge on any atom is 0.213 e. The highest BCUT2D eigenvalue weighted by Crippen LogP contribution is 2.40. The van der Waals surface area contributed by atoms with Gasteiger partial charge in [0, 0.05) is 75.1 Å². The largest absolute Gasteiger partial charge is 0.462 e. The second-order valence-electron chi connectivity index (χ2n) is 9.52. The first-order chi connectivity index (χ1) is 15.3. The lowest BCUT2D eigenvalue weighted by atomic mass is 9.89. The van der Waals surface area contributed by atoms with E-state index >= 15 is 0 Å². The molecule has 2 aromatic rings. The van der Waals surface area contributed by atoms with Crippen molar-refractivity contribution in [3.63, 3.8) is 0 Å². The van der Waals surface area contributed by atoms with E-state index in [0.717, 1.165) is 63.9 Å². The van der Waals surface area contributed by atoms with Crippen molar-refractivity contribution in [2.24, 2.45) is 0 Å². The summed E-state index contributed by atoms with van der Waals surface area (Å²) in [5.41, 5.74) is 3.80. The van der Waals surface area contributed by atoms with Gasteiger partial charge in [0.25, 0.3) is 0 Å². The quantitative estimate of drug-likeness (QED) is 0.741. The second-order valence-corrected chi connectivity index (χ2v) is 9.52. The van der Waals surface area contributed by atoms with Gasteiger partial charge in [-0.25, -0.2) is 0 Å². The molecule has 0 unspecified atom stereocenters. The minimum absolute atomic E-state index is 0.407. The fourth-order valence-corrected chi connectivity index (χ4v) is 5.50. The van der Waals surface area contributed by atoms with Crippen LogP contribution in [0.15, 0.2) is 48.5 Å². The Balaban J connectivity index is 1.09. The van der Waals surface area contributed by atoms with E-state index in [1.165, 1.54) is 36.2 Å². The highest BCUT2D eigenvalue weighted by molar-refractivity contribution is 5.56. The molecule has 0 atom stereocenters. The molecule has 1 saturated carbocycles. The van der Waals surface area contributed by atoms with E-state index in [1.54, 1.807) is 0 Å². The molecule has 164 valence electrons. The van der Waals surface area contributed by atoms with Crippen LogP contribution >= 0.6 is 0 Å². The number of anilines is 2. The lowest BCUT2D eigenvalue weighted by Crippen LogP contribution is -2.54. The molecule has 0 amide bonds. The van der Waals surface area contributed by atoms with Crippen molar-refractivity contribution in [3.05, 3.63) is 54.1 Å². The fourth-order valence-electron chi connectivity index (χ4n) is 5.50. The Labute approximate surface area is 185 Å². The lowest BCUT2D eigenvalue weighted by molar-refractivity contribution is -0.231. The third-order valence-corrected chi connectivity index (χ3v) is 7.75. The monoisotopic (exact) mass is 419 g/mol. The Morgan fingerprint density at radius 3 is 2.16 bits per heavy atom. The number of hydrogen-bond donors (Lipinski definition) is 0. The normalized spacial score (nSPS) is 23.9. The van der Waals surface area contributed by atoms with Crippen molar-refractivity contribution in [3.8, 4) is 5.75 Å². The molecule has 5 nitrogen and oxygen atoms in total. The number of piperidine rings is 1. The minimum atomic E-state index is -0.407. The molecule has 2 saturated heterocycles. The Hall–Kier alpha value is -2.24. The van der Waals surface area contributed by atoms with E-state index < -0.39 is 5.79 Å². The van der Waals surface area contributed by atoms with Crippen LogP contribution in [0.1, 0.15) is 37.7 Å². The standard InChI is InChI=1S/C26H33N3O2/c1-2-5-22(6-3-1)28-15-17-29(18-16-28)24-9-10-25-21(19-24)20-30-26(31-25)11-13-27(14-12-26)23-7-4-8-23/h1-3,5-6,9-10,19,23H,4,7-8,11-18,20H2. The zero-order chi connectivity index (χ0) is 20.7. The zero-order valence-corrected chi connectivity index (χ0v) is 18.3. The molecule has 4 aliphatic rings. The van der Waals surface area contributed by atoms with Gasteiger partial charge in [0.15, 0.2) is 0 Å². The summed E-state index contributed by atoms with van der Waals surface area (Å²) in [5.74, 6) is 0.616. The molecular weight excluding hydrogens is 386 g/mol. The van der Waals surface area contributed by atoms with E-state index in [4.69, 9.17) is 9.47 Å². The van der Waals surface area contributed by atoms with E-state index in [0.29, 0.717) is 6.61 Å². The second kappa shape index (κ2) is 8.03. The van der Waals surface area contributed by atoms with Crippen molar-refractivity contribution < 1.29 is 9.47 Å². The number of nitrogens with zero attached hydrogens (tertiary/aromatic N) is 3. The molecule has 5 heteroatoms. The summed E-state index contributed by atoms with van der Waals surface area (Å²) >= 11 is 0. The molecule has 1 spiro atoms. The summed E-state index contributed by atoms with van der Waals surface area (Å²) in [6.45, 7) is 7.04. The van der Waals surface area contributed by atoms with Crippen LogP contribution in [0, 0.1) is 0 Å². The van der Waals surface area contributed by atoms with Crippen LogP contribution in [-0.2, 0) is 11.3 Å². The molecule has 6 rings (SSSR count). The topological polar surface area (TPSA) is 28.2 Å². The molecular formula is C26H33N3O2. The number of likely N-dealkylation sites (tertiary alicyclic amines) is 1. The van der Waals surface area contributed by atoms with Crippen molar-refractivity contribution in [2.45, 2.75) is 50.5 Å². The van der Waals surface area contributed by atoms with Gasteiger partial charge >= 0.3 is 0 Å². The van der Waals surface area contributed by atoms with Gasteiger partial charge in [-0.1, -0.05) is 24.6 Å². The van der Waals surface area contributed by atoms with Crippen LogP contribution in [0.5, 0.6) is 5.75 Å². The van der Waals surface area contributed by atoms with Gasteiger partial charge in [-0.3, -0.25) is 4.90 Å². The molecule has 0 aromatic heterocycles. The minimum Gasteiger partial charge on any atom is -0.462 e. The van der Waals surface area contributed by atoms with Crippen LogP contribution < -0.4 is 14.5 Å². The highest BCUT2D eigenvalue weighted by Gasteiger charge is 2.42. The Bertz CT molecular complexity index is 898. The molecule has 3 fully saturated rings. The number of para-hydroxylation sites is 1. The van der Waals surface area contributed by atoms with Gasteiger partial charge in [0.2, 0.25) is 5.79 Å². The molecule has 31 heavy (non-hydrogen) atoms. The van der Waals surface area contributed by atoms with E-state index in [2.05, 4.69) is 63.2 Å². The third-order valence-electron chi connectivity index (χ3n) is 7.75. The van der Waals surface area contributed by atoms with E-state index in [-0.39, 0.29) is 0 Å². The van der Waals surface area contributed by atoms with Crippen molar-refractivity contribution in [1.29, 1.82) is 0 Å². The molecule has 2 aromatic carbocycles. The SMILES string of the molecule is c1ccc(N2CCN(c3ccc4c(c3)COC3(CCN(C5CCC5)CC3)O4)CC2)cc1. The van der Waals surface area contributed by atoms with Gasteiger partial charge in [-0.05, 0) is 43.2 Å². The molecule has 0 N–H and O–H groups in total. The lowest BCUT2D eigenvalue weighted by Gasteiger charge is -2.47.